The predicted octanol–water partition coefficient (Wildman–Crippen LogP) is 3.01. The molecule has 0 radical (unpaired) electrons. The van der Waals surface area contributed by atoms with Crippen LogP contribution < -0.4 is 0 Å². The molecule has 1 aromatic rings. The van der Waals surface area contributed by atoms with E-state index in [4.69, 9.17) is 5.11 Å². The third kappa shape index (κ3) is 2.67. The van der Waals surface area contributed by atoms with Crippen molar-refractivity contribution in [2.75, 3.05) is 0 Å². The molecule has 0 amide bonds. The Labute approximate surface area is 106 Å². The molecule has 0 aromatic heterocycles. The standard InChI is InChI=1S/C15H16O3/c1-10(15(17)18)12-7-5-11(6-8-12)9-13-3-2-4-14(13)16/h5-10H,2-4H2,1H3,(H,17,18)/b13-9-/t10-/m0/s1. The number of hydrogen-bond donors (Lipinski definition) is 1. The maximum atomic E-state index is 11.5. The van der Waals surface area contributed by atoms with Crippen LogP contribution >= 0.6 is 0 Å². The van der Waals surface area contributed by atoms with E-state index in [1.807, 2.05) is 30.3 Å². The number of benzene rings is 1. The molecule has 1 aromatic carbocycles. The lowest BCUT2D eigenvalue weighted by Gasteiger charge is -2.06. The van der Waals surface area contributed by atoms with Gasteiger partial charge in [-0.1, -0.05) is 24.3 Å². The molecule has 3 nitrogen and oxygen atoms in total. The highest BCUT2D eigenvalue weighted by atomic mass is 16.4. The first-order valence-corrected chi connectivity index (χ1v) is 6.14. The highest BCUT2D eigenvalue weighted by Gasteiger charge is 2.17. The average molecular weight is 244 g/mol. The second-order valence-electron chi connectivity index (χ2n) is 4.67. The summed E-state index contributed by atoms with van der Waals surface area (Å²) in [7, 11) is 0. The Kier molecular flexibility index (Phi) is 3.60. The molecular formula is C15H16O3. The fourth-order valence-corrected chi connectivity index (χ4v) is 2.12. The van der Waals surface area contributed by atoms with Gasteiger partial charge in [0, 0.05) is 6.42 Å². The fourth-order valence-electron chi connectivity index (χ4n) is 2.12. The van der Waals surface area contributed by atoms with Crippen LogP contribution in [-0.2, 0) is 9.59 Å². The number of rotatable bonds is 3. The third-order valence-corrected chi connectivity index (χ3v) is 3.36. The molecule has 1 atom stereocenters. The summed E-state index contributed by atoms with van der Waals surface area (Å²) in [6.07, 6.45) is 4.36. The minimum absolute atomic E-state index is 0.234. The number of carboxylic acid groups (broad SMARTS) is 1. The molecule has 94 valence electrons. The van der Waals surface area contributed by atoms with Gasteiger partial charge in [0.25, 0.3) is 0 Å². The molecule has 0 heterocycles. The number of carbonyl (C=O) groups excluding carboxylic acids is 1. The van der Waals surface area contributed by atoms with E-state index < -0.39 is 11.9 Å². The molecule has 18 heavy (non-hydrogen) atoms. The molecule has 0 saturated heterocycles. The third-order valence-electron chi connectivity index (χ3n) is 3.36. The van der Waals surface area contributed by atoms with Gasteiger partial charge in [0.1, 0.15) is 0 Å². The van der Waals surface area contributed by atoms with Crippen LogP contribution in [-0.4, -0.2) is 16.9 Å². The van der Waals surface area contributed by atoms with Gasteiger partial charge in [-0.25, -0.2) is 0 Å². The van der Waals surface area contributed by atoms with Crippen LogP contribution in [0.4, 0.5) is 0 Å². The van der Waals surface area contributed by atoms with Crippen LogP contribution in [0.3, 0.4) is 0 Å². The molecule has 1 N–H and O–H groups in total. The Morgan fingerprint density at radius 1 is 1.28 bits per heavy atom. The molecule has 3 heteroatoms. The molecule has 1 fully saturated rings. The summed E-state index contributed by atoms with van der Waals surface area (Å²) in [4.78, 5) is 22.3. The van der Waals surface area contributed by atoms with Crippen molar-refractivity contribution in [2.24, 2.45) is 0 Å². The number of allylic oxidation sites excluding steroid dienone is 1. The van der Waals surface area contributed by atoms with E-state index in [2.05, 4.69) is 0 Å². The van der Waals surface area contributed by atoms with Crippen molar-refractivity contribution in [3.05, 3.63) is 41.0 Å². The normalized spacial score (nSPS) is 19.2. The first-order chi connectivity index (χ1) is 8.58. The molecule has 0 aliphatic heterocycles. The molecule has 0 bridgehead atoms. The molecule has 2 rings (SSSR count). The maximum absolute atomic E-state index is 11.5. The molecule has 0 unspecified atom stereocenters. The lowest BCUT2D eigenvalue weighted by molar-refractivity contribution is -0.138. The van der Waals surface area contributed by atoms with Gasteiger partial charge in [-0.15, -0.1) is 0 Å². The Morgan fingerprint density at radius 3 is 2.44 bits per heavy atom. The summed E-state index contributed by atoms with van der Waals surface area (Å²) in [5, 5.41) is 8.91. The molecule has 1 aliphatic rings. The fraction of sp³-hybridized carbons (Fsp3) is 0.333. The largest absolute Gasteiger partial charge is 0.481 e. The number of Topliss-reactive ketones (excluding diaryl/α,β-unsaturated/α-hetero) is 1. The Bertz CT molecular complexity index is 497. The van der Waals surface area contributed by atoms with Gasteiger partial charge < -0.3 is 5.11 Å². The van der Waals surface area contributed by atoms with Crippen molar-refractivity contribution >= 4 is 17.8 Å². The van der Waals surface area contributed by atoms with Gasteiger partial charge in [0.05, 0.1) is 5.92 Å². The zero-order chi connectivity index (χ0) is 13.1. The van der Waals surface area contributed by atoms with E-state index in [0.717, 1.165) is 29.5 Å². The first-order valence-electron chi connectivity index (χ1n) is 6.14. The summed E-state index contributed by atoms with van der Waals surface area (Å²) in [5.74, 6) is -1.09. The Morgan fingerprint density at radius 2 is 1.94 bits per heavy atom. The van der Waals surface area contributed by atoms with Crippen LogP contribution in [0.15, 0.2) is 29.8 Å². The van der Waals surface area contributed by atoms with Crippen molar-refractivity contribution in [3.8, 4) is 0 Å². The van der Waals surface area contributed by atoms with Gasteiger partial charge in [0.2, 0.25) is 0 Å². The first kappa shape index (κ1) is 12.6. The lowest BCUT2D eigenvalue weighted by Crippen LogP contribution is -2.06. The number of aliphatic carboxylic acids is 1. The number of carbonyl (C=O) groups is 2. The number of carboxylic acids is 1. The van der Waals surface area contributed by atoms with E-state index in [1.165, 1.54) is 0 Å². The van der Waals surface area contributed by atoms with Gasteiger partial charge >= 0.3 is 5.97 Å². The minimum atomic E-state index is -0.827. The summed E-state index contributed by atoms with van der Waals surface area (Å²) in [5.41, 5.74) is 2.62. The van der Waals surface area contributed by atoms with Crippen molar-refractivity contribution in [1.82, 2.24) is 0 Å². The van der Waals surface area contributed by atoms with Crippen LogP contribution in [0, 0.1) is 0 Å². The smallest absolute Gasteiger partial charge is 0.310 e. The monoisotopic (exact) mass is 244 g/mol. The van der Waals surface area contributed by atoms with Crippen LogP contribution in [0.5, 0.6) is 0 Å². The van der Waals surface area contributed by atoms with E-state index in [9.17, 15) is 9.59 Å². The van der Waals surface area contributed by atoms with Crippen molar-refractivity contribution < 1.29 is 14.7 Å². The molecule has 1 aliphatic carbocycles. The number of hydrogen-bond acceptors (Lipinski definition) is 2. The van der Waals surface area contributed by atoms with Crippen LogP contribution in [0.25, 0.3) is 6.08 Å². The van der Waals surface area contributed by atoms with Gasteiger partial charge in [-0.2, -0.15) is 0 Å². The maximum Gasteiger partial charge on any atom is 0.310 e. The van der Waals surface area contributed by atoms with Crippen molar-refractivity contribution in [1.29, 1.82) is 0 Å². The summed E-state index contributed by atoms with van der Waals surface area (Å²) in [6, 6.07) is 7.36. The average Bonchev–Trinajstić information content (AvgIpc) is 2.75. The second-order valence-corrected chi connectivity index (χ2v) is 4.67. The van der Waals surface area contributed by atoms with E-state index in [-0.39, 0.29) is 5.78 Å². The molecule has 1 saturated carbocycles. The summed E-state index contributed by atoms with van der Waals surface area (Å²) >= 11 is 0. The lowest BCUT2D eigenvalue weighted by atomic mass is 9.99. The van der Waals surface area contributed by atoms with Gasteiger partial charge in [-0.3, -0.25) is 9.59 Å². The predicted molar refractivity (Wildman–Crippen MR) is 69.3 cm³/mol. The van der Waals surface area contributed by atoms with Crippen LogP contribution in [0.2, 0.25) is 0 Å². The van der Waals surface area contributed by atoms with Crippen molar-refractivity contribution in [2.45, 2.75) is 32.1 Å². The summed E-state index contributed by atoms with van der Waals surface area (Å²) < 4.78 is 0. The SMILES string of the molecule is C[C@H](C(=O)O)c1ccc(/C=C2/CCCC2=O)cc1. The Hall–Kier alpha value is -1.90. The number of ketones is 1. The molecule has 0 spiro atoms. The quantitative estimate of drug-likeness (QED) is 0.831. The van der Waals surface area contributed by atoms with E-state index in [0.29, 0.717) is 6.42 Å². The van der Waals surface area contributed by atoms with Crippen molar-refractivity contribution in [3.63, 3.8) is 0 Å². The van der Waals surface area contributed by atoms with E-state index >= 15 is 0 Å². The van der Waals surface area contributed by atoms with E-state index in [1.54, 1.807) is 6.92 Å². The zero-order valence-corrected chi connectivity index (χ0v) is 10.3. The second kappa shape index (κ2) is 5.17. The highest BCUT2D eigenvalue weighted by molar-refractivity contribution is 6.01. The Balaban J connectivity index is 2.18. The minimum Gasteiger partial charge on any atom is -0.481 e. The summed E-state index contributed by atoms with van der Waals surface area (Å²) in [6.45, 7) is 1.66. The topological polar surface area (TPSA) is 54.4 Å². The van der Waals surface area contributed by atoms with Gasteiger partial charge in [-0.05, 0) is 42.5 Å². The highest BCUT2D eigenvalue weighted by Crippen LogP contribution is 2.23. The molecular weight excluding hydrogens is 228 g/mol. The van der Waals surface area contributed by atoms with Crippen LogP contribution in [0.1, 0.15) is 43.2 Å². The van der Waals surface area contributed by atoms with Gasteiger partial charge in [0.15, 0.2) is 5.78 Å². The zero-order valence-electron chi connectivity index (χ0n) is 10.3.